The maximum absolute atomic E-state index is 11.9. The van der Waals surface area contributed by atoms with E-state index in [1.807, 2.05) is 37.4 Å². The lowest BCUT2D eigenvalue weighted by Gasteiger charge is -2.25. The normalized spacial score (nSPS) is 17.9. The molecule has 2 heterocycles. The van der Waals surface area contributed by atoms with E-state index in [0.717, 1.165) is 11.3 Å². The van der Waals surface area contributed by atoms with Crippen LogP contribution in [0.25, 0.3) is 0 Å². The number of aryl methyl sites for hydroxylation is 2. The van der Waals surface area contributed by atoms with Gasteiger partial charge in [-0.1, -0.05) is 29.8 Å². The molecule has 0 bridgehead atoms. The van der Waals surface area contributed by atoms with Crippen molar-refractivity contribution in [1.29, 1.82) is 0 Å². The summed E-state index contributed by atoms with van der Waals surface area (Å²) in [6.45, 7) is 2.04. The smallest absolute Gasteiger partial charge is 0.275 e. The van der Waals surface area contributed by atoms with Gasteiger partial charge in [0.05, 0.1) is 5.69 Å². The van der Waals surface area contributed by atoms with Gasteiger partial charge < -0.3 is 10.6 Å². The number of amides is 1. The van der Waals surface area contributed by atoms with Crippen LogP contribution >= 0.6 is 0 Å². The molecule has 0 aliphatic carbocycles. The number of hydrogen-bond acceptors (Lipinski definition) is 3. The molecule has 3 rings (SSSR count). The molecule has 0 saturated heterocycles. The van der Waals surface area contributed by atoms with Crippen LogP contribution < -0.4 is 10.6 Å². The molecular formula is C13H14N4O. The van der Waals surface area contributed by atoms with Crippen molar-refractivity contribution in [3.8, 4) is 0 Å². The number of carbonyl (C=O) groups is 1. The molecule has 2 N–H and O–H groups in total. The van der Waals surface area contributed by atoms with Crippen molar-refractivity contribution < 1.29 is 4.79 Å². The van der Waals surface area contributed by atoms with E-state index in [1.54, 1.807) is 11.7 Å². The highest BCUT2D eigenvalue weighted by atomic mass is 16.2. The zero-order chi connectivity index (χ0) is 12.7. The predicted molar refractivity (Wildman–Crippen MR) is 68.2 cm³/mol. The number of carbonyl (C=O) groups excluding carboxylic acids is 1. The molecule has 2 aromatic rings. The van der Waals surface area contributed by atoms with E-state index in [1.165, 1.54) is 5.56 Å². The molecule has 1 amide bonds. The van der Waals surface area contributed by atoms with Gasteiger partial charge in [-0.05, 0) is 12.5 Å². The summed E-state index contributed by atoms with van der Waals surface area (Å²) in [6, 6.07) is 8.08. The third kappa shape index (κ3) is 1.73. The first kappa shape index (κ1) is 10.8. The fraction of sp³-hybridized carbons (Fsp3) is 0.231. The van der Waals surface area contributed by atoms with Crippen molar-refractivity contribution in [1.82, 2.24) is 15.1 Å². The summed E-state index contributed by atoms with van der Waals surface area (Å²) in [6.07, 6.45) is 1.62. The van der Waals surface area contributed by atoms with E-state index < -0.39 is 0 Å². The molecule has 0 radical (unpaired) electrons. The molecule has 1 aromatic heterocycles. The number of anilines is 1. The highest BCUT2D eigenvalue weighted by Gasteiger charge is 2.27. The number of rotatable bonds is 1. The minimum Gasteiger partial charge on any atom is -0.358 e. The van der Waals surface area contributed by atoms with Crippen LogP contribution in [0.5, 0.6) is 0 Å². The van der Waals surface area contributed by atoms with Gasteiger partial charge in [-0.3, -0.25) is 9.48 Å². The Balaban J connectivity index is 1.94. The van der Waals surface area contributed by atoms with Crippen molar-refractivity contribution in [2.45, 2.75) is 13.1 Å². The predicted octanol–water partition coefficient (Wildman–Crippen LogP) is 1.58. The molecule has 1 atom stereocenters. The van der Waals surface area contributed by atoms with Crippen LogP contribution in [0.1, 0.15) is 27.8 Å². The Hall–Kier alpha value is -2.30. The van der Waals surface area contributed by atoms with E-state index in [-0.39, 0.29) is 12.1 Å². The van der Waals surface area contributed by atoms with E-state index >= 15 is 0 Å². The van der Waals surface area contributed by atoms with Crippen LogP contribution in [0.15, 0.2) is 30.5 Å². The molecule has 0 saturated carbocycles. The van der Waals surface area contributed by atoms with Gasteiger partial charge in [0.25, 0.3) is 5.91 Å². The van der Waals surface area contributed by atoms with Gasteiger partial charge in [0.2, 0.25) is 0 Å². The Morgan fingerprint density at radius 3 is 2.67 bits per heavy atom. The lowest BCUT2D eigenvalue weighted by molar-refractivity contribution is 0.0930. The van der Waals surface area contributed by atoms with Gasteiger partial charge in [-0.15, -0.1) is 0 Å². The number of benzene rings is 1. The SMILES string of the molecule is Cc1ccc(C2NC(=O)c3nn(C)cc3N2)cc1. The van der Waals surface area contributed by atoms with E-state index in [9.17, 15) is 4.79 Å². The van der Waals surface area contributed by atoms with Gasteiger partial charge in [-0.25, -0.2) is 0 Å². The van der Waals surface area contributed by atoms with Crippen molar-refractivity contribution in [3.63, 3.8) is 0 Å². The van der Waals surface area contributed by atoms with Gasteiger partial charge in [-0.2, -0.15) is 5.10 Å². The fourth-order valence-electron chi connectivity index (χ4n) is 2.08. The summed E-state index contributed by atoms with van der Waals surface area (Å²) < 4.78 is 1.63. The summed E-state index contributed by atoms with van der Waals surface area (Å²) in [5, 5.41) is 10.3. The number of hydrogen-bond donors (Lipinski definition) is 2. The zero-order valence-corrected chi connectivity index (χ0v) is 10.3. The van der Waals surface area contributed by atoms with Gasteiger partial charge in [0, 0.05) is 13.2 Å². The summed E-state index contributed by atoms with van der Waals surface area (Å²) >= 11 is 0. The number of aromatic nitrogens is 2. The second kappa shape index (κ2) is 3.87. The molecule has 92 valence electrons. The van der Waals surface area contributed by atoms with Crippen molar-refractivity contribution in [3.05, 3.63) is 47.3 Å². The molecule has 0 fully saturated rings. The second-order valence-corrected chi connectivity index (χ2v) is 4.53. The maximum atomic E-state index is 11.9. The summed E-state index contributed by atoms with van der Waals surface area (Å²) in [5.74, 6) is -0.144. The third-order valence-electron chi connectivity index (χ3n) is 3.03. The standard InChI is InChI=1S/C13H14N4O/c1-8-3-5-9(6-4-8)12-14-10-7-17(2)16-11(10)13(18)15-12/h3-7,12,14H,1-2H3,(H,15,18). The van der Waals surface area contributed by atoms with Gasteiger partial charge in [0.15, 0.2) is 5.69 Å². The van der Waals surface area contributed by atoms with Crippen molar-refractivity contribution >= 4 is 11.6 Å². The number of nitrogens with one attached hydrogen (secondary N) is 2. The minimum absolute atomic E-state index is 0.144. The average Bonchev–Trinajstić information content (AvgIpc) is 2.71. The highest BCUT2D eigenvalue weighted by molar-refractivity contribution is 5.99. The monoisotopic (exact) mass is 242 g/mol. The van der Waals surface area contributed by atoms with E-state index in [0.29, 0.717) is 5.69 Å². The molecular weight excluding hydrogens is 228 g/mol. The maximum Gasteiger partial charge on any atom is 0.275 e. The topological polar surface area (TPSA) is 59.0 Å². The molecule has 1 aliphatic heterocycles. The molecule has 5 nitrogen and oxygen atoms in total. The Morgan fingerprint density at radius 2 is 1.94 bits per heavy atom. The van der Waals surface area contributed by atoms with Gasteiger partial charge in [0.1, 0.15) is 6.17 Å². The average molecular weight is 242 g/mol. The number of fused-ring (bicyclic) bond motifs is 1. The quantitative estimate of drug-likeness (QED) is 0.798. The third-order valence-corrected chi connectivity index (χ3v) is 3.03. The van der Waals surface area contributed by atoms with Crippen LogP contribution in [-0.4, -0.2) is 15.7 Å². The van der Waals surface area contributed by atoms with Crippen LogP contribution in [0.4, 0.5) is 5.69 Å². The lowest BCUT2D eigenvalue weighted by atomic mass is 10.1. The second-order valence-electron chi connectivity index (χ2n) is 4.53. The molecule has 1 unspecified atom stereocenters. The molecule has 18 heavy (non-hydrogen) atoms. The fourth-order valence-corrected chi connectivity index (χ4v) is 2.08. The Morgan fingerprint density at radius 1 is 1.22 bits per heavy atom. The summed E-state index contributed by atoms with van der Waals surface area (Å²) in [4.78, 5) is 11.9. The largest absolute Gasteiger partial charge is 0.358 e. The summed E-state index contributed by atoms with van der Waals surface area (Å²) in [7, 11) is 1.80. The molecule has 5 heteroatoms. The molecule has 1 aliphatic rings. The lowest BCUT2D eigenvalue weighted by Crippen LogP contribution is -2.38. The van der Waals surface area contributed by atoms with Crippen molar-refractivity contribution in [2.75, 3.05) is 5.32 Å². The van der Waals surface area contributed by atoms with Crippen LogP contribution in [-0.2, 0) is 7.05 Å². The molecule has 0 spiro atoms. The van der Waals surface area contributed by atoms with Crippen molar-refractivity contribution in [2.24, 2.45) is 7.05 Å². The Labute approximate surface area is 105 Å². The first-order valence-corrected chi connectivity index (χ1v) is 5.81. The van der Waals surface area contributed by atoms with E-state index in [2.05, 4.69) is 15.7 Å². The highest BCUT2D eigenvalue weighted by Crippen LogP contribution is 2.25. The van der Waals surface area contributed by atoms with Crippen LogP contribution in [0, 0.1) is 6.92 Å². The minimum atomic E-state index is -0.199. The Bertz CT molecular complexity index is 600. The first-order chi connectivity index (χ1) is 8.63. The summed E-state index contributed by atoms with van der Waals surface area (Å²) in [5.41, 5.74) is 3.44. The van der Waals surface area contributed by atoms with Crippen LogP contribution in [0.3, 0.4) is 0 Å². The Kier molecular flexibility index (Phi) is 2.33. The zero-order valence-electron chi connectivity index (χ0n) is 10.3. The van der Waals surface area contributed by atoms with Crippen LogP contribution in [0.2, 0.25) is 0 Å². The van der Waals surface area contributed by atoms with Gasteiger partial charge >= 0.3 is 0 Å². The van der Waals surface area contributed by atoms with E-state index in [4.69, 9.17) is 0 Å². The first-order valence-electron chi connectivity index (χ1n) is 5.81. The molecule has 1 aromatic carbocycles. The number of nitrogens with zero attached hydrogens (tertiary/aromatic N) is 2.